The van der Waals surface area contributed by atoms with E-state index in [2.05, 4.69) is 0 Å². The van der Waals surface area contributed by atoms with Crippen LogP contribution in [0.3, 0.4) is 0 Å². The van der Waals surface area contributed by atoms with Crippen molar-refractivity contribution in [3.05, 3.63) is 59.2 Å². The van der Waals surface area contributed by atoms with Crippen LogP contribution in [0.4, 0.5) is 13.2 Å². The highest BCUT2D eigenvalue weighted by Gasteiger charge is 2.65. The second-order valence-corrected chi connectivity index (χ2v) is 12.4. The van der Waals surface area contributed by atoms with Gasteiger partial charge in [-0.1, -0.05) is 42.5 Å². The summed E-state index contributed by atoms with van der Waals surface area (Å²) in [6, 6.07) is 8.75. The van der Waals surface area contributed by atoms with Gasteiger partial charge in [0.2, 0.25) is 5.72 Å². The van der Waals surface area contributed by atoms with Gasteiger partial charge in [-0.3, -0.25) is 9.69 Å². The van der Waals surface area contributed by atoms with Crippen LogP contribution in [-0.4, -0.2) is 31.0 Å². The Morgan fingerprint density at radius 1 is 1.11 bits per heavy atom. The van der Waals surface area contributed by atoms with Crippen LogP contribution in [0.5, 0.6) is 0 Å². The molecule has 1 fully saturated rings. The molecule has 1 aromatic rings. The number of rotatable bonds is 4. The summed E-state index contributed by atoms with van der Waals surface area (Å²) in [4.78, 5) is 14.1. The molecule has 1 saturated heterocycles. The van der Waals surface area contributed by atoms with Crippen molar-refractivity contribution < 1.29 is 22.4 Å². The zero-order chi connectivity index (χ0) is 19.9. The zero-order valence-electron chi connectivity index (χ0n) is 15.8. The fourth-order valence-electron chi connectivity index (χ4n) is 3.66. The molecule has 0 spiro atoms. The number of amides is 1. The molecule has 0 aromatic heterocycles. The van der Waals surface area contributed by atoms with Gasteiger partial charge < -0.3 is 4.43 Å². The Morgan fingerprint density at radius 2 is 1.74 bits per heavy atom. The van der Waals surface area contributed by atoms with Crippen LogP contribution in [0.25, 0.3) is 0 Å². The molecule has 1 unspecified atom stereocenters. The summed E-state index contributed by atoms with van der Waals surface area (Å²) in [5, 5.41) is 0. The monoisotopic (exact) mass is 395 g/mol. The van der Waals surface area contributed by atoms with Crippen LogP contribution >= 0.6 is 0 Å². The van der Waals surface area contributed by atoms with E-state index in [1.165, 1.54) is 0 Å². The minimum Gasteiger partial charge on any atom is -0.388 e. The van der Waals surface area contributed by atoms with E-state index >= 15 is 0 Å². The van der Waals surface area contributed by atoms with E-state index in [9.17, 15) is 18.0 Å². The van der Waals surface area contributed by atoms with Crippen molar-refractivity contribution in [3.8, 4) is 0 Å². The van der Waals surface area contributed by atoms with Gasteiger partial charge in [0.1, 0.15) is 0 Å². The van der Waals surface area contributed by atoms with Gasteiger partial charge in [0.05, 0.1) is 0 Å². The maximum absolute atomic E-state index is 14.5. The lowest BCUT2D eigenvalue weighted by atomic mass is 9.84. The first kappa shape index (κ1) is 19.9. The van der Waals surface area contributed by atoms with E-state index < -0.39 is 26.1 Å². The van der Waals surface area contributed by atoms with Gasteiger partial charge in [-0.15, -0.1) is 0 Å². The van der Waals surface area contributed by atoms with Gasteiger partial charge in [0.15, 0.2) is 8.32 Å². The molecule has 2 aliphatic rings. The van der Waals surface area contributed by atoms with E-state index in [1.54, 1.807) is 62.1 Å². The number of hydrogen-bond acceptors (Lipinski definition) is 2. The first-order valence-corrected chi connectivity index (χ1v) is 12.5. The van der Waals surface area contributed by atoms with Gasteiger partial charge in [0, 0.05) is 18.5 Å². The lowest BCUT2D eigenvalue weighted by molar-refractivity contribution is -0.304. The Hall–Kier alpha value is -1.86. The number of carbonyl (C=O) groups excluding carboxylic acids is 1. The molecule has 1 heterocycles. The molecule has 27 heavy (non-hydrogen) atoms. The number of hydrogen-bond donors (Lipinski definition) is 0. The number of allylic oxidation sites excluding steroid dienone is 2. The molecule has 0 bridgehead atoms. The van der Waals surface area contributed by atoms with Gasteiger partial charge in [-0.2, -0.15) is 13.2 Å². The highest BCUT2D eigenvalue weighted by molar-refractivity contribution is 6.69. The molecule has 1 atom stereocenters. The first-order valence-electron chi connectivity index (χ1n) is 9.06. The molecule has 146 valence electrons. The molecule has 0 radical (unpaired) electrons. The SMILES string of the molecule is C[Si](C)(C)OC1(C(F)(F)F)CC2=CCCC=C2C(=O)N1Cc1ccccc1. The molecule has 0 N–H and O–H groups in total. The standard InChI is InChI=1S/C20H24F3NO2Si/c1-27(2,3)26-19(20(21,22)23)13-16-11-7-8-12-17(16)18(25)24(19)14-15-9-5-4-6-10-15/h4-6,9-12H,7-8,13-14H2,1-3H3. The summed E-state index contributed by atoms with van der Waals surface area (Å²) in [5.74, 6) is -0.605. The van der Waals surface area contributed by atoms with Crippen molar-refractivity contribution in [1.29, 1.82) is 0 Å². The number of benzene rings is 1. The number of likely N-dealkylation sites (tertiary alicyclic amines) is 1. The van der Waals surface area contributed by atoms with Crippen LogP contribution in [0.15, 0.2) is 53.6 Å². The predicted octanol–water partition coefficient (Wildman–Crippen LogP) is 5.18. The fraction of sp³-hybridized carbons (Fsp3) is 0.450. The summed E-state index contributed by atoms with van der Waals surface area (Å²) in [7, 11) is -2.63. The maximum atomic E-state index is 14.5. The minimum atomic E-state index is -4.71. The summed E-state index contributed by atoms with van der Waals surface area (Å²) < 4.78 is 49.2. The van der Waals surface area contributed by atoms with Gasteiger partial charge in [-0.25, -0.2) is 0 Å². The van der Waals surface area contributed by atoms with Crippen molar-refractivity contribution in [1.82, 2.24) is 4.90 Å². The van der Waals surface area contributed by atoms with Crippen molar-refractivity contribution in [3.63, 3.8) is 0 Å². The predicted molar refractivity (Wildman–Crippen MR) is 100 cm³/mol. The number of halogens is 3. The number of alkyl halides is 3. The fourth-order valence-corrected chi connectivity index (χ4v) is 4.97. The second kappa shape index (κ2) is 6.94. The molecule has 0 saturated carbocycles. The molecule has 3 rings (SSSR count). The summed E-state index contributed by atoms with van der Waals surface area (Å²) in [6.45, 7) is 5.00. The smallest absolute Gasteiger partial charge is 0.388 e. The Balaban J connectivity index is 2.13. The number of carbonyl (C=O) groups is 1. The van der Waals surface area contributed by atoms with Crippen LogP contribution < -0.4 is 0 Å². The van der Waals surface area contributed by atoms with E-state index in [0.29, 0.717) is 29.6 Å². The van der Waals surface area contributed by atoms with Crippen molar-refractivity contribution in [2.24, 2.45) is 0 Å². The average molecular weight is 395 g/mol. The van der Waals surface area contributed by atoms with Crippen LogP contribution in [-0.2, 0) is 15.8 Å². The molecule has 1 aromatic carbocycles. The van der Waals surface area contributed by atoms with Crippen LogP contribution in [0.2, 0.25) is 19.6 Å². The van der Waals surface area contributed by atoms with Crippen molar-refractivity contribution in [2.75, 3.05) is 0 Å². The van der Waals surface area contributed by atoms with Gasteiger partial charge in [0.25, 0.3) is 5.91 Å². The molecule has 7 heteroatoms. The van der Waals surface area contributed by atoms with Crippen molar-refractivity contribution in [2.45, 2.75) is 57.3 Å². The molecule has 1 aliphatic carbocycles. The Morgan fingerprint density at radius 3 is 2.33 bits per heavy atom. The van der Waals surface area contributed by atoms with E-state index in [1.807, 2.05) is 0 Å². The molecule has 3 nitrogen and oxygen atoms in total. The lowest BCUT2D eigenvalue weighted by Crippen LogP contribution is -2.67. The summed E-state index contributed by atoms with van der Waals surface area (Å²) >= 11 is 0. The van der Waals surface area contributed by atoms with E-state index in [-0.39, 0.29) is 13.0 Å². The van der Waals surface area contributed by atoms with Gasteiger partial charge >= 0.3 is 6.18 Å². The molecule has 1 aliphatic heterocycles. The highest BCUT2D eigenvalue weighted by Crippen LogP contribution is 2.49. The first-order chi connectivity index (χ1) is 12.5. The van der Waals surface area contributed by atoms with Crippen molar-refractivity contribution >= 4 is 14.2 Å². The third-order valence-corrected chi connectivity index (χ3v) is 5.65. The minimum absolute atomic E-state index is 0.145. The van der Waals surface area contributed by atoms with Crippen LogP contribution in [0.1, 0.15) is 24.8 Å². The average Bonchev–Trinajstić information content (AvgIpc) is 2.57. The molecular weight excluding hydrogens is 371 g/mol. The number of fused-ring (bicyclic) bond motifs is 1. The summed E-state index contributed by atoms with van der Waals surface area (Å²) in [5.41, 5.74) is -1.16. The third kappa shape index (κ3) is 3.89. The maximum Gasteiger partial charge on any atom is 0.436 e. The second-order valence-electron chi connectivity index (χ2n) is 7.97. The van der Waals surface area contributed by atoms with Gasteiger partial charge in [-0.05, 0) is 43.6 Å². The molecule has 1 amide bonds. The summed E-state index contributed by atoms with van der Waals surface area (Å²) in [6.07, 6.45) is -0.248. The normalized spacial score (nSPS) is 23.6. The Kier molecular flexibility index (Phi) is 5.11. The van der Waals surface area contributed by atoms with E-state index in [4.69, 9.17) is 4.43 Å². The number of nitrogens with zero attached hydrogens (tertiary/aromatic N) is 1. The quantitative estimate of drug-likeness (QED) is 0.658. The lowest BCUT2D eigenvalue weighted by Gasteiger charge is -2.51. The largest absolute Gasteiger partial charge is 0.436 e. The topological polar surface area (TPSA) is 29.5 Å². The zero-order valence-corrected chi connectivity index (χ0v) is 16.8. The Bertz CT molecular complexity index is 781. The van der Waals surface area contributed by atoms with Crippen LogP contribution in [0, 0.1) is 0 Å². The Labute approximate surface area is 158 Å². The third-order valence-electron chi connectivity index (χ3n) is 4.69. The molecular formula is C20H24F3NO2Si. The number of piperidine rings is 1. The van der Waals surface area contributed by atoms with E-state index in [0.717, 1.165) is 4.90 Å². The highest BCUT2D eigenvalue weighted by atomic mass is 28.4.